The molecule has 0 saturated carbocycles. The zero-order chi connectivity index (χ0) is 11.7. The minimum Gasteiger partial charge on any atom is -0.332 e. The molecule has 0 atom stereocenters. The molecule has 0 fully saturated rings. The van der Waals surface area contributed by atoms with Gasteiger partial charge < -0.3 is 5.32 Å². The van der Waals surface area contributed by atoms with Gasteiger partial charge in [0.1, 0.15) is 23.3 Å². The van der Waals surface area contributed by atoms with Gasteiger partial charge in [-0.05, 0) is 27.7 Å². The minimum absolute atomic E-state index is 0.519. The number of nitrogens with one attached hydrogen (secondary N) is 1. The van der Waals surface area contributed by atoms with Crippen LogP contribution in [0.1, 0.15) is 27.7 Å². The van der Waals surface area contributed by atoms with E-state index in [1.165, 1.54) is 0 Å². The number of nitrogens with zero attached hydrogens (tertiary/aromatic N) is 5. The van der Waals surface area contributed by atoms with E-state index in [0.29, 0.717) is 23.3 Å². The van der Waals surface area contributed by atoms with Crippen LogP contribution in [-0.4, -0.2) is 23.3 Å². The second-order valence-electron chi connectivity index (χ2n) is 3.60. The van der Waals surface area contributed by atoms with E-state index in [0.717, 1.165) is 11.7 Å². The molecule has 0 aromatic heterocycles. The van der Waals surface area contributed by atoms with Crippen molar-refractivity contribution in [2.75, 3.05) is 0 Å². The minimum atomic E-state index is 0.519. The van der Waals surface area contributed by atoms with Crippen LogP contribution in [0.15, 0.2) is 31.6 Å². The number of hydrogen-bond donors (Lipinski definition) is 1. The molecule has 6 heteroatoms. The largest absolute Gasteiger partial charge is 0.332 e. The van der Waals surface area contributed by atoms with Crippen LogP contribution in [0.3, 0.4) is 0 Å². The fourth-order valence-electron chi connectivity index (χ4n) is 1.48. The summed E-state index contributed by atoms with van der Waals surface area (Å²) in [5, 5.41) is 7.14. The number of hydrogen-bond acceptors (Lipinski definition) is 5. The second-order valence-corrected chi connectivity index (χ2v) is 3.60. The Hall–Kier alpha value is -1.98. The maximum Gasteiger partial charge on any atom is 0.201 e. The van der Waals surface area contributed by atoms with Crippen LogP contribution in [-0.2, 0) is 0 Å². The van der Waals surface area contributed by atoms with E-state index in [2.05, 4.69) is 30.6 Å². The van der Waals surface area contributed by atoms with Crippen molar-refractivity contribution in [3.63, 3.8) is 0 Å². The zero-order valence-corrected chi connectivity index (χ0v) is 9.74. The third kappa shape index (κ3) is 2.16. The Kier molecular flexibility index (Phi) is 2.55. The summed E-state index contributed by atoms with van der Waals surface area (Å²) >= 11 is 0. The number of aliphatic imine (C=N–C) groups is 4. The Labute approximate surface area is 94.0 Å². The molecule has 6 nitrogen and oxygen atoms in total. The van der Waals surface area contributed by atoms with Gasteiger partial charge in [-0.25, -0.2) is 25.3 Å². The van der Waals surface area contributed by atoms with Gasteiger partial charge in [0.2, 0.25) is 11.6 Å². The van der Waals surface area contributed by atoms with Gasteiger partial charge in [-0.15, -0.1) is 0 Å². The van der Waals surface area contributed by atoms with E-state index in [9.17, 15) is 0 Å². The average Bonchev–Trinajstić information content (AvgIpc) is 2.14. The molecule has 2 rings (SSSR count). The molecule has 83 valence electrons. The van der Waals surface area contributed by atoms with E-state index in [-0.39, 0.29) is 0 Å². The van der Waals surface area contributed by atoms with Crippen LogP contribution in [0.2, 0.25) is 0 Å². The molecule has 2 heterocycles. The van der Waals surface area contributed by atoms with Crippen molar-refractivity contribution in [1.29, 1.82) is 0 Å². The molecule has 0 bridgehead atoms. The Morgan fingerprint density at radius 3 is 1.62 bits per heavy atom. The monoisotopic (exact) mass is 217 g/mol. The molecule has 0 aromatic rings. The van der Waals surface area contributed by atoms with Crippen LogP contribution >= 0.6 is 0 Å². The highest BCUT2D eigenvalue weighted by atomic mass is 15.2. The predicted octanol–water partition coefficient (Wildman–Crippen LogP) is 1.01. The molecule has 2 aliphatic rings. The van der Waals surface area contributed by atoms with Gasteiger partial charge in [0.15, 0.2) is 0 Å². The van der Waals surface area contributed by atoms with Crippen LogP contribution in [0, 0.1) is 0 Å². The fraction of sp³-hybridized carbons (Fsp3) is 0.400. The lowest BCUT2D eigenvalue weighted by Crippen LogP contribution is -2.29. The fourth-order valence-corrected chi connectivity index (χ4v) is 1.48. The van der Waals surface area contributed by atoms with Gasteiger partial charge in [0.05, 0.1) is 0 Å². The van der Waals surface area contributed by atoms with Crippen LogP contribution < -0.4 is 10.6 Å². The van der Waals surface area contributed by atoms with E-state index >= 15 is 0 Å². The summed E-state index contributed by atoms with van der Waals surface area (Å²) in [6, 6.07) is 0. The standard InChI is InChI=1S/C10H13N6/c1-5-11-6(2)14-9(13-5)10-15-7(3)12-8(4)16-10/h1-4H3,(H,11,13,14). The van der Waals surface area contributed by atoms with Gasteiger partial charge >= 0.3 is 0 Å². The van der Waals surface area contributed by atoms with Crippen molar-refractivity contribution in [1.82, 2.24) is 10.6 Å². The third-order valence-corrected chi connectivity index (χ3v) is 1.97. The highest BCUT2D eigenvalue weighted by Crippen LogP contribution is 2.16. The van der Waals surface area contributed by atoms with Crippen LogP contribution in [0.4, 0.5) is 0 Å². The van der Waals surface area contributed by atoms with Crippen molar-refractivity contribution in [2.24, 2.45) is 20.0 Å². The first-order chi connectivity index (χ1) is 7.54. The highest BCUT2D eigenvalue weighted by molar-refractivity contribution is 6.02. The van der Waals surface area contributed by atoms with Crippen molar-refractivity contribution in [2.45, 2.75) is 27.7 Å². The molecule has 0 saturated heterocycles. The molecule has 0 unspecified atom stereocenters. The van der Waals surface area contributed by atoms with Gasteiger partial charge in [0, 0.05) is 0 Å². The molecule has 2 aliphatic heterocycles. The molecule has 16 heavy (non-hydrogen) atoms. The van der Waals surface area contributed by atoms with E-state index in [1.807, 2.05) is 27.7 Å². The normalized spacial score (nSPS) is 20.2. The topological polar surface area (TPSA) is 75.6 Å². The molecule has 0 spiro atoms. The summed E-state index contributed by atoms with van der Waals surface area (Å²) in [6.07, 6.45) is 0. The summed E-state index contributed by atoms with van der Waals surface area (Å²) in [7, 11) is 0. The summed E-state index contributed by atoms with van der Waals surface area (Å²) in [5.74, 6) is 3.98. The van der Waals surface area contributed by atoms with Gasteiger partial charge in [-0.1, -0.05) is 0 Å². The van der Waals surface area contributed by atoms with Gasteiger partial charge in [-0.3, -0.25) is 0 Å². The summed E-state index contributed by atoms with van der Waals surface area (Å²) in [5.41, 5.74) is 0. The Balaban J connectivity index is 2.48. The molecule has 0 aromatic carbocycles. The van der Waals surface area contributed by atoms with Crippen molar-refractivity contribution in [3.8, 4) is 0 Å². The number of amidine groups is 4. The second kappa shape index (κ2) is 3.88. The first kappa shape index (κ1) is 10.5. The van der Waals surface area contributed by atoms with Gasteiger partial charge in [-0.2, -0.15) is 0 Å². The molecular formula is C10H13N6. The summed E-state index contributed by atoms with van der Waals surface area (Å²) in [4.78, 5) is 17.0. The average molecular weight is 217 g/mol. The van der Waals surface area contributed by atoms with E-state index < -0.39 is 0 Å². The van der Waals surface area contributed by atoms with Crippen LogP contribution in [0.5, 0.6) is 0 Å². The summed E-state index contributed by atoms with van der Waals surface area (Å²) < 4.78 is 0. The SMILES string of the molecule is CC1=NC(=C2N=C(C)NC(C)=N2)N=C(C)[N]1. The van der Waals surface area contributed by atoms with Crippen molar-refractivity contribution < 1.29 is 0 Å². The quantitative estimate of drug-likeness (QED) is 0.646. The molecular weight excluding hydrogens is 204 g/mol. The van der Waals surface area contributed by atoms with E-state index in [1.54, 1.807) is 0 Å². The maximum atomic E-state index is 4.27. The molecule has 1 radical (unpaired) electrons. The lowest BCUT2D eigenvalue weighted by Gasteiger charge is -2.14. The zero-order valence-electron chi connectivity index (χ0n) is 9.74. The highest BCUT2D eigenvalue weighted by Gasteiger charge is 2.14. The summed E-state index contributed by atoms with van der Waals surface area (Å²) in [6.45, 7) is 7.40. The van der Waals surface area contributed by atoms with Crippen molar-refractivity contribution >= 4 is 23.3 Å². The first-order valence-electron chi connectivity index (χ1n) is 4.99. The smallest absolute Gasteiger partial charge is 0.201 e. The van der Waals surface area contributed by atoms with Crippen molar-refractivity contribution in [3.05, 3.63) is 11.6 Å². The Morgan fingerprint density at radius 2 is 1.12 bits per heavy atom. The van der Waals surface area contributed by atoms with E-state index in [4.69, 9.17) is 0 Å². The number of rotatable bonds is 0. The molecule has 0 aliphatic carbocycles. The van der Waals surface area contributed by atoms with Crippen LogP contribution in [0.25, 0.3) is 0 Å². The molecule has 0 amide bonds. The lowest BCUT2D eigenvalue weighted by atomic mass is 10.4. The Bertz CT molecular complexity index is 394. The van der Waals surface area contributed by atoms with Gasteiger partial charge in [0.25, 0.3) is 0 Å². The Morgan fingerprint density at radius 1 is 0.688 bits per heavy atom. The molecule has 1 N–H and O–H groups in total. The first-order valence-corrected chi connectivity index (χ1v) is 4.99. The predicted molar refractivity (Wildman–Crippen MR) is 64.7 cm³/mol. The lowest BCUT2D eigenvalue weighted by molar-refractivity contribution is 1.01. The third-order valence-electron chi connectivity index (χ3n) is 1.97. The maximum absolute atomic E-state index is 4.27.